The number of benzene rings is 2. The van der Waals surface area contributed by atoms with Gasteiger partial charge in [0.2, 0.25) is 12.1 Å². The number of amides is 4. The number of nitrogens with one attached hydrogen (secondary N) is 2. The second kappa shape index (κ2) is 12.3. The zero-order chi connectivity index (χ0) is 30.9. The van der Waals surface area contributed by atoms with E-state index in [9.17, 15) is 49.0 Å². The predicted octanol–water partition coefficient (Wildman–Crippen LogP) is 0.351. The van der Waals surface area contributed by atoms with E-state index in [2.05, 4.69) is 10.6 Å². The fraction of sp³-hybridized carbons (Fsp3) is 0.360. The molecule has 1 saturated heterocycles. The van der Waals surface area contributed by atoms with Gasteiger partial charge in [-0.2, -0.15) is 0 Å². The molecule has 17 heteroatoms. The van der Waals surface area contributed by atoms with Gasteiger partial charge in [0.05, 0.1) is 11.0 Å². The van der Waals surface area contributed by atoms with Crippen LogP contribution < -0.4 is 15.3 Å². The summed E-state index contributed by atoms with van der Waals surface area (Å²) in [5.41, 5.74) is -0.818. The number of halogens is 2. The van der Waals surface area contributed by atoms with Crippen molar-refractivity contribution in [3.63, 3.8) is 0 Å². The number of aliphatic hydroxyl groups is 1. The molecule has 14 nitrogen and oxygen atoms in total. The van der Waals surface area contributed by atoms with Crippen LogP contribution in [-0.4, -0.2) is 98.0 Å². The third-order valence-electron chi connectivity index (χ3n) is 6.91. The Morgan fingerprint density at radius 3 is 2.60 bits per heavy atom. The zero-order valence-electron chi connectivity index (χ0n) is 22.1. The first-order valence-electron chi connectivity index (χ1n) is 12.8. The molecule has 0 saturated carbocycles. The lowest BCUT2D eigenvalue weighted by molar-refractivity contribution is -0.154. The smallest absolute Gasteiger partial charge is 0.534 e. The number of carboxylic acid groups (broad SMARTS) is 1. The summed E-state index contributed by atoms with van der Waals surface area (Å²) >= 11 is 6.18. The maximum absolute atomic E-state index is 14.1. The van der Waals surface area contributed by atoms with E-state index < -0.39 is 82.8 Å². The number of hydrogen-bond donors (Lipinski definition) is 7. The first kappa shape index (κ1) is 30.7. The zero-order valence-corrected chi connectivity index (χ0v) is 22.8. The van der Waals surface area contributed by atoms with Crippen LogP contribution in [0.15, 0.2) is 24.3 Å². The van der Waals surface area contributed by atoms with Crippen LogP contribution in [0.1, 0.15) is 40.9 Å². The van der Waals surface area contributed by atoms with Crippen molar-refractivity contribution in [2.24, 2.45) is 0 Å². The number of phenols is 2. The number of rotatable bonds is 7. The SMILES string of the molecule is CCCN1CCN(C(=O)NC(C(=O)N[C@H]2Cc3ccc(F)c(C(=O)O)c3OB2O)c2ccc(O)c(O)c2Cl)C(O)C1=O. The Morgan fingerprint density at radius 2 is 1.93 bits per heavy atom. The van der Waals surface area contributed by atoms with Gasteiger partial charge in [-0.15, -0.1) is 0 Å². The van der Waals surface area contributed by atoms with Crippen molar-refractivity contribution in [3.05, 3.63) is 51.8 Å². The molecule has 0 spiro atoms. The average Bonchev–Trinajstić information content (AvgIpc) is 2.93. The summed E-state index contributed by atoms with van der Waals surface area (Å²) < 4.78 is 19.3. The number of carboxylic acids is 1. The van der Waals surface area contributed by atoms with Crippen LogP contribution in [0.2, 0.25) is 5.02 Å². The Morgan fingerprint density at radius 1 is 1.21 bits per heavy atom. The molecule has 2 aliphatic rings. The maximum Gasteiger partial charge on any atom is 0.547 e. The second-order valence-electron chi connectivity index (χ2n) is 9.65. The van der Waals surface area contributed by atoms with E-state index in [0.29, 0.717) is 13.0 Å². The number of carbonyl (C=O) groups is 4. The molecular weight excluding hydrogens is 582 g/mol. The lowest BCUT2D eigenvalue weighted by Crippen LogP contribution is -2.62. The van der Waals surface area contributed by atoms with Crippen molar-refractivity contribution in [2.45, 2.75) is 38.0 Å². The van der Waals surface area contributed by atoms with Gasteiger partial charge >= 0.3 is 19.1 Å². The van der Waals surface area contributed by atoms with Gasteiger partial charge in [0, 0.05) is 25.2 Å². The molecule has 2 aromatic carbocycles. The monoisotopic (exact) mass is 608 g/mol. The minimum Gasteiger partial charge on any atom is -0.534 e. The number of aliphatic hydroxyl groups excluding tert-OH is 1. The van der Waals surface area contributed by atoms with E-state index in [-0.39, 0.29) is 30.6 Å². The highest BCUT2D eigenvalue weighted by atomic mass is 35.5. The van der Waals surface area contributed by atoms with Crippen molar-refractivity contribution in [1.29, 1.82) is 0 Å². The van der Waals surface area contributed by atoms with Gasteiger partial charge < -0.3 is 45.6 Å². The Bertz CT molecular complexity index is 1430. The Labute approximate surface area is 243 Å². The third-order valence-corrected chi connectivity index (χ3v) is 7.31. The van der Waals surface area contributed by atoms with Gasteiger partial charge in [0.1, 0.15) is 23.2 Å². The molecule has 0 aromatic heterocycles. The molecule has 1 fully saturated rings. The molecule has 2 unspecified atom stereocenters. The number of carbonyl (C=O) groups excluding carboxylic acids is 3. The third kappa shape index (κ3) is 5.86. The molecule has 4 amide bonds. The molecule has 7 N–H and O–H groups in total. The van der Waals surface area contributed by atoms with Crippen LogP contribution in [0.4, 0.5) is 9.18 Å². The van der Waals surface area contributed by atoms with Crippen molar-refractivity contribution >= 4 is 42.5 Å². The second-order valence-corrected chi connectivity index (χ2v) is 10.0. The highest BCUT2D eigenvalue weighted by Crippen LogP contribution is 2.38. The number of fused-ring (bicyclic) bond motifs is 1. The maximum atomic E-state index is 14.1. The van der Waals surface area contributed by atoms with Gasteiger partial charge in [-0.1, -0.05) is 30.7 Å². The van der Waals surface area contributed by atoms with Gasteiger partial charge in [0.25, 0.3) is 5.91 Å². The van der Waals surface area contributed by atoms with Crippen LogP contribution in [0, 0.1) is 5.82 Å². The molecule has 2 heterocycles. The minimum absolute atomic E-state index is 0.0733. The van der Waals surface area contributed by atoms with Crippen LogP contribution >= 0.6 is 11.6 Å². The van der Waals surface area contributed by atoms with E-state index in [1.54, 1.807) is 0 Å². The largest absolute Gasteiger partial charge is 0.547 e. The lowest BCUT2D eigenvalue weighted by Gasteiger charge is -2.38. The Hall–Kier alpha value is -4.28. The normalized spacial score (nSPS) is 19.1. The van der Waals surface area contributed by atoms with Gasteiger partial charge in [-0.3, -0.25) is 14.5 Å². The van der Waals surface area contributed by atoms with E-state index >= 15 is 0 Å². The van der Waals surface area contributed by atoms with Crippen molar-refractivity contribution < 1.29 is 53.7 Å². The predicted molar refractivity (Wildman–Crippen MR) is 143 cm³/mol. The fourth-order valence-electron chi connectivity index (χ4n) is 4.77. The van der Waals surface area contributed by atoms with E-state index in [0.717, 1.165) is 23.1 Å². The standard InChI is InChI=1S/C25H27BClFN4O10/c1-2-7-31-8-9-32(23(37)22(31)36)25(40)30-18(12-4-6-14(33)19(34)17(12)27)21(35)29-15-10-11-3-5-13(28)16(24(38)39)20(11)42-26(15)41/h3-6,15,18,23,33-34,37,41H,2,7-10H2,1H3,(H,29,35)(H,30,40)(H,38,39)/t15-,18?,23?/m0/s1. The summed E-state index contributed by atoms with van der Waals surface area (Å²) in [7, 11) is -1.84. The Balaban J connectivity index is 1.60. The van der Waals surface area contributed by atoms with Crippen LogP contribution in [-0.2, 0) is 16.0 Å². The summed E-state index contributed by atoms with van der Waals surface area (Å²) in [6.45, 7) is 2.26. The number of piperazine rings is 1. The quantitative estimate of drug-likeness (QED) is 0.169. The van der Waals surface area contributed by atoms with E-state index in [4.69, 9.17) is 16.3 Å². The number of hydrogen-bond acceptors (Lipinski definition) is 9. The van der Waals surface area contributed by atoms with E-state index in [1.807, 2.05) is 6.92 Å². The van der Waals surface area contributed by atoms with Crippen molar-refractivity contribution in [3.8, 4) is 17.2 Å². The highest BCUT2D eigenvalue weighted by Gasteiger charge is 2.42. The molecular formula is C25H27BClFN4O10. The molecule has 2 aliphatic heterocycles. The van der Waals surface area contributed by atoms with Crippen molar-refractivity contribution in [1.82, 2.24) is 20.4 Å². The highest BCUT2D eigenvalue weighted by molar-refractivity contribution is 6.47. The van der Waals surface area contributed by atoms with Gasteiger partial charge in [-0.25, -0.2) is 14.0 Å². The van der Waals surface area contributed by atoms with Gasteiger partial charge in [-0.05, 0) is 30.5 Å². The molecule has 4 rings (SSSR count). The Kier molecular flexibility index (Phi) is 8.99. The molecule has 0 aliphatic carbocycles. The molecule has 0 radical (unpaired) electrons. The summed E-state index contributed by atoms with van der Waals surface area (Å²) in [5.74, 6) is -7.46. The number of nitrogens with zero attached hydrogens (tertiary/aromatic N) is 2. The van der Waals surface area contributed by atoms with E-state index in [1.165, 1.54) is 11.0 Å². The topological polar surface area (TPSA) is 209 Å². The fourth-order valence-corrected chi connectivity index (χ4v) is 5.04. The molecule has 0 bridgehead atoms. The van der Waals surface area contributed by atoms with Gasteiger partial charge in [0.15, 0.2) is 11.5 Å². The summed E-state index contributed by atoms with van der Waals surface area (Å²) in [4.78, 5) is 53.0. The number of aromatic carboxylic acids is 1. The minimum atomic E-state index is -1.84. The van der Waals surface area contributed by atoms with Crippen molar-refractivity contribution in [2.75, 3.05) is 19.6 Å². The number of aromatic hydroxyl groups is 2. The summed E-state index contributed by atoms with van der Waals surface area (Å²) in [6.07, 6.45) is -1.42. The molecule has 2 aromatic rings. The summed E-state index contributed by atoms with van der Waals surface area (Å²) in [6, 6.07) is 1.55. The first-order chi connectivity index (χ1) is 19.8. The van der Waals surface area contributed by atoms with Crippen LogP contribution in [0.5, 0.6) is 17.2 Å². The molecule has 224 valence electrons. The lowest BCUT2D eigenvalue weighted by atomic mass is 9.72. The summed E-state index contributed by atoms with van der Waals surface area (Å²) in [5, 5.41) is 54.7. The number of urea groups is 1. The average molecular weight is 609 g/mol. The molecule has 3 atom stereocenters. The van der Waals surface area contributed by atoms with Crippen LogP contribution in [0.25, 0.3) is 0 Å². The van der Waals surface area contributed by atoms with Crippen LogP contribution in [0.3, 0.4) is 0 Å². The first-order valence-corrected chi connectivity index (χ1v) is 13.2. The number of phenolic OH excluding ortho intramolecular Hbond substituents is 2. The molecule has 42 heavy (non-hydrogen) atoms.